The molecule has 2 saturated heterocycles. The van der Waals surface area contributed by atoms with Crippen LogP contribution in [0.15, 0.2) is 30.3 Å². The Kier molecular flexibility index (Phi) is 4.57. The number of epoxide rings is 1. The summed E-state index contributed by atoms with van der Waals surface area (Å²) < 4.78 is 22.3. The van der Waals surface area contributed by atoms with Crippen molar-refractivity contribution >= 4 is 6.09 Å². The molecule has 0 radical (unpaired) electrons. The molecule has 3 rings (SSSR count). The molecule has 1 aromatic rings. The summed E-state index contributed by atoms with van der Waals surface area (Å²) in [5.74, 6) is 0. The smallest absolute Gasteiger partial charge is 0.408 e. The third-order valence-corrected chi connectivity index (χ3v) is 3.63. The van der Waals surface area contributed by atoms with Crippen molar-refractivity contribution in [1.29, 1.82) is 0 Å². The molecule has 1 aromatic carbocycles. The van der Waals surface area contributed by atoms with E-state index in [-0.39, 0.29) is 18.2 Å². The predicted octanol–water partition coefficient (Wildman–Crippen LogP) is 2.22. The van der Waals surface area contributed by atoms with Gasteiger partial charge in [0, 0.05) is 0 Å². The molecule has 0 aromatic heterocycles. The summed E-state index contributed by atoms with van der Waals surface area (Å²) in [4.78, 5) is 11.8. The molecule has 2 aliphatic rings. The number of hydrogen-bond acceptors (Lipinski definition) is 5. The normalized spacial score (nSPS) is 29.5. The minimum absolute atomic E-state index is 0.0722. The van der Waals surface area contributed by atoms with Crippen LogP contribution in [-0.2, 0) is 25.6 Å². The number of carbonyl (C=O) groups is 1. The Labute approximate surface area is 136 Å². The second-order valence-corrected chi connectivity index (χ2v) is 6.82. The Morgan fingerprint density at radius 3 is 2.70 bits per heavy atom. The van der Waals surface area contributed by atoms with E-state index in [0.29, 0.717) is 13.2 Å². The zero-order valence-electron chi connectivity index (χ0n) is 13.7. The fourth-order valence-corrected chi connectivity index (χ4v) is 2.55. The van der Waals surface area contributed by atoms with Gasteiger partial charge in [0.1, 0.15) is 17.8 Å². The second-order valence-electron chi connectivity index (χ2n) is 6.82. The van der Waals surface area contributed by atoms with E-state index in [1.807, 2.05) is 51.1 Å². The van der Waals surface area contributed by atoms with Crippen LogP contribution in [0.25, 0.3) is 0 Å². The monoisotopic (exact) mass is 321 g/mol. The first-order chi connectivity index (χ1) is 10.9. The Morgan fingerprint density at radius 2 is 2.00 bits per heavy atom. The molecular weight excluding hydrogens is 298 g/mol. The van der Waals surface area contributed by atoms with Crippen LogP contribution in [0.3, 0.4) is 0 Å². The van der Waals surface area contributed by atoms with Gasteiger partial charge in [-0.15, -0.1) is 0 Å². The van der Waals surface area contributed by atoms with Crippen molar-refractivity contribution in [2.24, 2.45) is 0 Å². The predicted molar refractivity (Wildman–Crippen MR) is 82.8 cm³/mol. The number of carbonyl (C=O) groups excluding carboxylic acids is 1. The molecule has 1 N–H and O–H groups in total. The van der Waals surface area contributed by atoms with Crippen molar-refractivity contribution in [2.75, 3.05) is 6.61 Å². The lowest BCUT2D eigenvalue weighted by Crippen LogP contribution is -2.49. The summed E-state index contributed by atoms with van der Waals surface area (Å²) in [6.45, 7) is 6.30. The molecule has 2 heterocycles. The van der Waals surface area contributed by atoms with Gasteiger partial charge in [0.05, 0.1) is 19.3 Å². The average Bonchev–Trinajstić information content (AvgIpc) is 3.26. The third kappa shape index (κ3) is 4.43. The van der Waals surface area contributed by atoms with Crippen LogP contribution in [0, 0.1) is 0 Å². The molecule has 1 amide bonds. The van der Waals surface area contributed by atoms with Crippen molar-refractivity contribution in [3.63, 3.8) is 0 Å². The molecule has 0 bridgehead atoms. The zero-order chi connectivity index (χ0) is 16.4. The van der Waals surface area contributed by atoms with E-state index in [1.54, 1.807) is 0 Å². The largest absolute Gasteiger partial charge is 0.444 e. The van der Waals surface area contributed by atoms with Gasteiger partial charge < -0.3 is 24.3 Å². The number of nitrogens with one attached hydrogen (secondary N) is 1. The van der Waals surface area contributed by atoms with Gasteiger partial charge in [0.15, 0.2) is 6.29 Å². The van der Waals surface area contributed by atoms with Gasteiger partial charge in [-0.25, -0.2) is 4.79 Å². The minimum Gasteiger partial charge on any atom is -0.444 e. The maximum Gasteiger partial charge on any atom is 0.408 e. The lowest BCUT2D eigenvalue weighted by molar-refractivity contribution is -0.169. The summed E-state index contributed by atoms with van der Waals surface area (Å²) >= 11 is 0. The molecule has 126 valence electrons. The zero-order valence-corrected chi connectivity index (χ0v) is 13.7. The highest BCUT2D eigenvalue weighted by Gasteiger charge is 2.55. The van der Waals surface area contributed by atoms with E-state index < -0.39 is 18.0 Å². The first kappa shape index (κ1) is 16.2. The lowest BCUT2D eigenvalue weighted by atomic mass is 10.1. The highest BCUT2D eigenvalue weighted by Crippen LogP contribution is 2.35. The number of alkyl carbamates (subject to hydrolysis) is 1. The standard InChI is InChI=1S/C17H23NO5/c1-17(2,3)23-16(19)18-12-10-21-15(14-13(12)22-14)20-9-11-7-5-4-6-8-11/h4-8,12-15H,9-10H2,1-3H3,(H,18,19). The van der Waals surface area contributed by atoms with Crippen LogP contribution in [0.5, 0.6) is 0 Å². The third-order valence-electron chi connectivity index (χ3n) is 3.63. The van der Waals surface area contributed by atoms with Crippen molar-refractivity contribution in [3.05, 3.63) is 35.9 Å². The minimum atomic E-state index is -0.523. The second kappa shape index (κ2) is 6.47. The van der Waals surface area contributed by atoms with Gasteiger partial charge in [0.2, 0.25) is 0 Å². The van der Waals surface area contributed by atoms with Gasteiger partial charge in [-0.05, 0) is 26.3 Å². The summed E-state index contributed by atoms with van der Waals surface area (Å²) in [6, 6.07) is 9.71. The van der Waals surface area contributed by atoms with E-state index >= 15 is 0 Å². The molecule has 6 heteroatoms. The average molecular weight is 321 g/mol. The quantitative estimate of drug-likeness (QED) is 0.861. The topological polar surface area (TPSA) is 69.3 Å². The Balaban J connectivity index is 1.44. The van der Waals surface area contributed by atoms with Crippen LogP contribution in [-0.4, -0.2) is 42.8 Å². The molecule has 4 unspecified atom stereocenters. The van der Waals surface area contributed by atoms with Crippen LogP contribution in [0.2, 0.25) is 0 Å². The Hall–Kier alpha value is -1.63. The number of ether oxygens (including phenoxy) is 4. The fourth-order valence-electron chi connectivity index (χ4n) is 2.55. The van der Waals surface area contributed by atoms with E-state index in [1.165, 1.54) is 0 Å². The van der Waals surface area contributed by atoms with Gasteiger partial charge in [0.25, 0.3) is 0 Å². The summed E-state index contributed by atoms with van der Waals surface area (Å²) in [5.41, 5.74) is 0.562. The van der Waals surface area contributed by atoms with Crippen LogP contribution < -0.4 is 5.32 Å². The Morgan fingerprint density at radius 1 is 1.26 bits per heavy atom. The van der Waals surface area contributed by atoms with Crippen molar-refractivity contribution in [1.82, 2.24) is 5.32 Å². The van der Waals surface area contributed by atoms with E-state index in [4.69, 9.17) is 18.9 Å². The van der Waals surface area contributed by atoms with Gasteiger partial charge in [-0.1, -0.05) is 30.3 Å². The van der Waals surface area contributed by atoms with Crippen molar-refractivity contribution in [2.45, 2.75) is 57.5 Å². The van der Waals surface area contributed by atoms with Crippen molar-refractivity contribution < 1.29 is 23.7 Å². The van der Waals surface area contributed by atoms with E-state index in [2.05, 4.69) is 5.32 Å². The number of amides is 1. The van der Waals surface area contributed by atoms with Crippen LogP contribution in [0.1, 0.15) is 26.3 Å². The number of benzene rings is 1. The Bertz CT molecular complexity index is 542. The number of rotatable bonds is 4. The first-order valence-electron chi connectivity index (χ1n) is 7.84. The number of fused-ring (bicyclic) bond motifs is 1. The molecular formula is C17H23NO5. The van der Waals surface area contributed by atoms with Gasteiger partial charge in [-0.3, -0.25) is 0 Å². The summed E-state index contributed by atoms with van der Waals surface area (Å²) in [5, 5.41) is 2.79. The number of hydrogen-bond donors (Lipinski definition) is 1. The summed E-state index contributed by atoms with van der Waals surface area (Å²) in [7, 11) is 0. The molecule has 6 nitrogen and oxygen atoms in total. The van der Waals surface area contributed by atoms with Gasteiger partial charge >= 0.3 is 6.09 Å². The van der Waals surface area contributed by atoms with Gasteiger partial charge in [-0.2, -0.15) is 0 Å². The van der Waals surface area contributed by atoms with Crippen LogP contribution >= 0.6 is 0 Å². The van der Waals surface area contributed by atoms with E-state index in [0.717, 1.165) is 5.56 Å². The highest BCUT2D eigenvalue weighted by atomic mass is 16.7. The molecule has 23 heavy (non-hydrogen) atoms. The fraction of sp³-hybridized carbons (Fsp3) is 0.588. The highest BCUT2D eigenvalue weighted by molar-refractivity contribution is 5.68. The SMILES string of the molecule is CC(C)(C)OC(=O)NC1COC(OCc2ccccc2)C2OC12. The maximum atomic E-state index is 11.8. The lowest BCUT2D eigenvalue weighted by Gasteiger charge is -2.27. The molecule has 0 aliphatic carbocycles. The van der Waals surface area contributed by atoms with Crippen LogP contribution in [0.4, 0.5) is 4.79 Å². The first-order valence-corrected chi connectivity index (χ1v) is 7.84. The maximum absolute atomic E-state index is 11.8. The molecule has 0 spiro atoms. The summed E-state index contributed by atoms with van der Waals surface area (Å²) in [6.07, 6.45) is -1.05. The molecule has 2 fully saturated rings. The molecule has 2 aliphatic heterocycles. The van der Waals surface area contributed by atoms with Crippen molar-refractivity contribution in [3.8, 4) is 0 Å². The molecule has 0 saturated carbocycles. The van der Waals surface area contributed by atoms with E-state index in [9.17, 15) is 4.79 Å². The molecule has 4 atom stereocenters.